The van der Waals surface area contributed by atoms with Crippen LogP contribution in [0.3, 0.4) is 0 Å². The summed E-state index contributed by atoms with van der Waals surface area (Å²) in [7, 11) is 5.10. The van der Waals surface area contributed by atoms with Crippen molar-refractivity contribution in [2.45, 2.75) is 37.8 Å². The minimum Gasteiger partial charge on any atom is -0.488 e. The van der Waals surface area contributed by atoms with Gasteiger partial charge < -0.3 is 14.8 Å². The number of rotatable bonds is 6. The smallest absolute Gasteiger partial charge is 0.360 e. The van der Waals surface area contributed by atoms with Gasteiger partial charge in [0, 0.05) is 49.7 Å². The van der Waals surface area contributed by atoms with E-state index in [1.165, 1.54) is 7.11 Å². The van der Waals surface area contributed by atoms with Gasteiger partial charge >= 0.3 is 5.97 Å². The summed E-state index contributed by atoms with van der Waals surface area (Å²) in [5.41, 5.74) is 3.10. The zero-order chi connectivity index (χ0) is 23.7. The predicted octanol–water partition coefficient (Wildman–Crippen LogP) is 3.62. The molecule has 0 saturated heterocycles. The van der Waals surface area contributed by atoms with Crippen LogP contribution in [0.2, 0.25) is 0 Å². The first kappa shape index (κ1) is 21.9. The third kappa shape index (κ3) is 4.07. The molecule has 176 valence electrons. The second kappa shape index (κ2) is 9.12. The van der Waals surface area contributed by atoms with Crippen LogP contribution in [0.5, 0.6) is 5.75 Å². The van der Waals surface area contributed by atoms with Gasteiger partial charge in [0.25, 0.3) is 0 Å². The van der Waals surface area contributed by atoms with Crippen molar-refractivity contribution < 1.29 is 14.3 Å². The highest BCUT2D eigenvalue weighted by atomic mass is 16.5. The van der Waals surface area contributed by atoms with Gasteiger partial charge in [-0.1, -0.05) is 0 Å². The Bertz CT molecular complexity index is 1320. The molecule has 1 aliphatic rings. The first-order valence-corrected chi connectivity index (χ1v) is 11.3. The Kier molecular flexibility index (Phi) is 5.87. The lowest BCUT2D eigenvalue weighted by Gasteiger charge is -2.29. The van der Waals surface area contributed by atoms with Crippen LogP contribution >= 0.6 is 0 Å². The zero-order valence-corrected chi connectivity index (χ0v) is 19.4. The highest BCUT2D eigenvalue weighted by molar-refractivity contribution is 5.93. The summed E-state index contributed by atoms with van der Waals surface area (Å²) in [6.45, 7) is 0. The van der Waals surface area contributed by atoms with E-state index in [1.807, 2.05) is 38.8 Å². The fourth-order valence-corrected chi connectivity index (χ4v) is 4.53. The number of aryl methyl sites for hydroxylation is 1. The number of hydrogen-bond donors (Lipinski definition) is 1. The molecule has 0 bridgehead atoms. The molecule has 0 aliphatic heterocycles. The van der Waals surface area contributed by atoms with Crippen molar-refractivity contribution in [1.29, 1.82) is 0 Å². The van der Waals surface area contributed by atoms with Crippen molar-refractivity contribution in [2.75, 3.05) is 19.5 Å². The van der Waals surface area contributed by atoms with Gasteiger partial charge in [-0.25, -0.2) is 14.8 Å². The summed E-state index contributed by atoms with van der Waals surface area (Å²) in [6.07, 6.45) is 10.7. The fourth-order valence-electron chi connectivity index (χ4n) is 4.53. The van der Waals surface area contributed by atoms with Gasteiger partial charge in [-0.3, -0.25) is 9.36 Å². The van der Waals surface area contributed by atoms with Gasteiger partial charge in [0.15, 0.2) is 11.4 Å². The molecule has 0 unspecified atom stereocenters. The average Bonchev–Trinajstić information content (AvgIpc) is 3.47. The maximum Gasteiger partial charge on any atom is 0.360 e. The molecule has 1 saturated carbocycles. The van der Waals surface area contributed by atoms with Crippen LogP contribution < -0.4 is 10.1 Å². The van der Waals surface area contributed by atoms with Crippen molar-refractivity contribution >= 4 is 22.7 Å². The Hall–Kier alpha value is -3.95. The lowest BCUT2D eigenvalue weighted by Crippen LogP contribution is -2.27. The summed E-state index contributed by atoms with van der Waals surface area (Å²) in [4.78, 5) is 20.7. The highest BCUT2D eigenvalue weighted by Gasteiger charge is 2.28. The van der Waals surface area contributed by atoms with E-state index >= 15 is 0 Å². The van der Waals surface area contributed by atoms with Crippen molar-refractivity contribution in [1.82, 2.24) is 29.5 Å². The van der Waals surface area contributed by atoms with Gasteiger partial charge in [0.1, 0.15) is 11.5 Å². The number of ether oxygens (including phenoxy) is 2. The van der Waals surface area contributed by atoms with E-state index in [9.17, 15) is 4.79 Å². The first-order valence-electron chi connectivity index (χ1n) is 11.3. The Morgan fingerprint density at radius 1 is 1.18 bits per heavy atom. The minimum absolute atomic E-state index is 0.00184. The van der Waals surface area contributed by atoms with Crippen molar-refractivity contribution in [2.24, 2.45) is 7.05 Å². The molecule has 0 aromatic carbocycles. The number of hydrogen-bond acceptors (Lipinski definition) is 8. The van der Waals surface area contributed by atoms with Gasteiger partial charge in [-0.15, -0.1) is 0 Å². The van der Waals surface area contributed by atoms with Crippen LogP contribution in [0.4, 0.5) is 5.82 Å². The third-order valence-corrected chi connectivity index (χ3v) is 6.26. The number of esters is 1. The van der Waals surface area contributed by atoms with Crippen LogP contribution in [0.15, 0.2) is 43.0 Å². The summed E-state index contributed by atoms with van der Waals surface area (Å²) >= 11 is 0. The number of pyridine rings is 2. The number of fused-ring (bicyclic) bond motifs is 1. The van der Waals surface area contributed by atoms with E-state index in [0.717, 1.165) is 53.7 Å². The molecule has 1 fully saturated rings. The quantitative estimate of drug-likeness (QED) is 0.434. The summed E-state index contributed by atoms with van der Waals surface area (Å²) in [5.74, 6) is 0.769. The van der Waals surface area contributed by atoms with Gasteiger partial charge in [-0.2, -0.15) is 10.2 Å². The molecule has 4 heterocycles. The van der Waals surface area contributed by atoms with E-state index < -0.39 is 5.97 Å². The number of aromatic nitrogens is 6. The molecule has 1 N–H and O–H groups in total. The minimum atomic E-state index is -0.496. The monoisotopic (exact) mass is 461 g/mol. The predicted molar refractivity (Wildman–Crippen MR) is 127 cm³/mol. The molecule has 1 aliphatic carbocycles. The number of methoxy groups -OCH3 is 1. The summed E-state index contributed by atoms with van der Waals surface area (Å²) in [5, 5.41) is 13.5. The summed E-state index contributed by atoms with van der Waals surface area (Å²) < 4.78 is 14.9. The van der Waals surface area contributed by atoms with Crippen LogP contribution in [-0.2, 0) is 11.8 Å². The number of carbonyl (C=O) groups is 1. The van der Waals surface area contributed by atoms with E-state index in [2.05, 4.69) is 25.1 Å². The molecule has 0 atom stereocenters. The number of nitrogens with zero attached hydrogens (tertiary/aromatic N) is 6. The van der Waals surface area contributed by atoms with Crippen LogP contribution in [0, 0.1) is 0 Å². The fraction of sp³-hybridized carbons (Fsp3) is 0.375. The van der Waals surface area contributed by atoms with Crippen LogP contribution in [-0.4, -0.2) is 55.8 Å². The molecule has 0 spiro atoms. The van der Waals surface area contributed by atoms with Gasteiger partial charge in [0.05, 0.1) is 31.0 Å². The SMILES string of the molecule is CNc1cc2c(cn1)c(-c1cnn(C)c1)nn2[C@H]1CC[C@@H](Oc2cccnc2C(=O)OC)CC1. The van der Waals surface area contributed by atoms with E-state index in [4.69, 9.17) is 14.6 Å². The molecular weight excluding hydrogens is 434 g/mol. The molecular formula is C24H27N7O3. The maximum atomic E-state index is 12.0. The Morgan fingerprint density at radius 2 is 2.00 bits per heavy atom. The zero-order valence-electron chi connectivity index (χ0n) is 19.4. The first-order chi connectivity index (χ1) is 16.6. The normalized spacial score (nSPS) is 18.1. The molecule has 10 nitrogen and oxygen atoms in total. The van der Waals surface area contributed by atoms with Crippen LogP contribution in [0.1, 0.15) is 42.2 Å². The number of carbonyl (C=O) groups excluding carboxylic acids is 1. The second-order valence-corrected chi connectivity index (χ2v) is 8.42. The molecule has 5 rings (SSSR count). The Balaban J connectivity index is 1.38. The molecule has 0 amide bonds. The topological polar surface area (TPSA) is 109 Å². The van der Waals surface area contributed by atoms with Gasteiger partial charge in [0.2, 0.25) is 0 Å². The van der Waals surface area contributed by atoms with E-state index in [-0.39, 0.29) is 17.8 Å². The largest absolute Gasteiger partial charge is 0.488 e. The van der Waals surface area contributed by atoms with Gasteiger partial charge in [-0.05, 0) is 37.8 Å². The molecule has 0 radical (unpaired) electrons. The van der Waals surface area contributed by atoms with Crippen LogP contribution in [0.25, 0.3) is 22.2 Å². The lowest BCUT2D eigenvalue weighted by atomic mass is 9.93. The maximum absolute atomic E-state index is 12.0. The highest BCUT2D eigenvalue weighted by Crippen LogP contribution is 2.36. The Labute approximate surface area is 196 Å². The third-order valence-electron chi connectivity index (χ3n) is 6.26. The van der Waals surface area contributed by atoms with E-state index in [0.29, 0.717) is 5.75 Å². The second-order valence-electron chi connectivity index (χ2n) is 8.42. The lowest BCUT2D eigenvalue weighted by molar-refractivity contribution is 0.0580. The number of anilines is 1. The van der Waals surface area contributed by atoms with Crippen molar-refractivity contribution in [3.8, 4) is 17.0 Å². The standard InChI is InChI=1S/C24H27N7O3/c1-25-21-11-19-18(13-27-21)22(15-12-28-30(2)14-15)29-31(19)16-6-8-17(9-7-16)34-20-5-4-10-26-23(20)24(32)33-3/h4-5,10-14,16-17H,6-9H2,1-3H3,(H,25,27)/t16-,17+. The summed E-state index contributed by atoms with van der Waals surface area (Å²) in [6, 6.07) is 5.80. The molecule has 34 heavy (non-hydrogen) atoms. The van der Waals surface area contributed by atoms with Crippen molar-refractivity contribution in [3.63, 3.8) is 0 Å². The molecule has 10 heteroatoms. The average molecular weight is 462 g/mol. The number of nitrogens with one attached hydrogen (secondary N) is 1. The van der Waals surface area contributed by atoms with E-state index in [1.54, 1.807) is 23.0 Å². The Morgan fingerprint density at radius 3 is 2.71 bits per heavy atom. The molecule has 4 aromatic rings. The molecule has 4 aromatic heterocycles. The van der Waals surface area contributed by atoms with Crippen molar-refractivity contribution in [3.05, 3.63) is 48.7 Å².